The summed E-state index contributed by atoms with van der Waals surface area (Å²) in [6, 6.07) is 15.3. The van der Waals surface area contributed by atoms with E-state index in [4.69, 9.17) is 10.00 Å². The van der Waals surface area contributed by atoms with Gasteiger partial charge in [-0.25, -0.2) is 0 Å². The summed E-state index contributed by atoms with van der Waals surface area (Å²) in [6.45, 7) is 2.18. The van der Waals surface area contributed by atoms with E-state index in [-0.39, 0.29) is 11.8 Å². The molecule has 0 radical (unpaired) electrons. The number of nitriles is 1. The van der Waals surface area contributed by atoms with Crippen molar-refractivity contribution in [2.45, 2.75) is 0 Å². The number of rotatable bonds is 3. The predicted molar refractivity (Wildman–Crippen MR) is 92.3 cm³/mol. The first-order valence-corrected chi connectivity index (χ1v) is 7.96. The molecule has 6 heteroatoms. The lowest BCUT2D eigenvalue weighted by atomic mass is 10.1. The standard InChI is InChI=1S/C19H17N3O3/c20-13-14-4-6-17(7-5-14)21-18(23)15-2-1-3-16(12-15)19(24)22-8-10-25-11-9-22/h1-7,12H,8-11H2,(H,21,23). The largest absolute Gasteiger partial charge is 0.378 e. The lowest BCUT2D eigenvalue weighted by Gasteiger charge is -2.27. The number of amides is 2. The molecule has 0 unspecified atom stereocenters. The Morgan fingerprint density at radius 2 is 1.72 bits per heavy atom. The van der Waals surface area contributed by atoms with Crippen molar-refractivity contribution in [3.05, 3.63) is 65.2 Å². The van der Waals surface area contributed by atoms with E-state index in [9.17, 15) is 9.59 Å². The van der Waals surface area contributed by atoms with Crippen LogP contribution in [0.2, 0.25) is 0 Å². The van der Waals surface area contributed by atoms with Crippen molar-refractivity contribution in [2.75, 3.05) is 31.6 Å². The molecule has 1 fully saturated rings. The summed E-state index contributed by atoms with van der Waals surface area (Å²) < 4.78 is 5.25. The van der Waals surface area contributed by atoms with Crippen LogP contribution in [0.3, 0.4) is 0 Å². The number of morpholine rings is 1. The van der Waals surface area contributed by atoms with Gasteiger partial charge in [0, 0.05) is 29.9 Å². The van der Waals surface area contributed by atoms with E-state index in [1.165, 1.54) is 0 Å². The molecule has 0 saturated carbocycles. The summed E-state index contributed by atoms with van der Waals surface area (Å²) in [5.41, 5.74) is 2.00. The summed E-state index contributed by atoms with van der Waals surface area (Å²) >= 11 is 0. The zero-order chi connectivity index (χ0) is 17.6. The van der Waals surface area contributed by atoms with Crippen molar-refractivity contribution in [1.29, 1.82) is 5.26 Å². The molecule has 3 rings (SSSR count). The van der Waals surface area contributed by atoms with E-state index in [1.807, 2.05) is 6.07 Å². The van der Waals surface area contributed by atoms with Crippen molar-refractivity contribution >= 4 is 17.5 Å². The molecule has 1 aliphatic heterocycles. The summed E-state index contributed by atoms with van der Waals surface area (Å²) in [4.78, 5) is 26.6. The smallest absolute Gasteiger partial charge is 0.255 e. The van der Waals surface area contributed by atoms with E-state index >= 15 is 0 Å². The Morgan fingerprint density at radius 3 is 2.40 bits per heavy atom. The summed E-state index contributed by atoms with van der Waals surface area (Å²) in [7, 11) is 0. The van der Waals surface area contributed by atoms with Crippen LogP contribution in [0, 0.1) is 11.3 Å². The van der Waals surface area contributed by atoms with Crippen molar-refractivity contribution in [3.8, 4) is 6.07 Å². The third-order valence-corrected chi connectivity index (χ3v) is 3.94. The van der Waals surface area contributed by atoms with Gasteiger partial charge in [-0.2, -0.15) is 5.26 Å². The average molecular weight is 335 g/mol. The highest BCUT2D eigenvalue weighted by molar-refractivity contribution is 6.06. The van der Waals surface area contributed by atoms with Crippen LogP contribution in [-0.2, 0) is 4.74 Å². The number of hydrogen-bond donors (Lipinski definition) is 1. The second kappa shape index (κ2) is 7.60. The van der Waals surface area contributed by atoms with Crippen LogP contribution < -0.4 is 5.32 Å². The topological polar surface area (TPSA) is 82.4 Å². The van der Waals surface area contributed by atoms with Gasteiger partial charge in [0.1, 0.15) is 0 Å². The Hall–Kier alpha value is -3.17. The number of carbonyl (C=O) groups is 2. The van der Waals surface area contributed by atoms with E-state index in [2.05, 4.69) is 5.32 Å². The fourth-order valence-electron chi connectivity index (χ4n) is 2.57. The maximum Gasteiger partial charge on any atom is 0.255 e. The van der Waals surface area contributed by atoms with Crippen molar-refractivity contribution < 1.29 is 14.3 Å². The maximum atomic E-state index is 12.5. The Kier molecular flexibility index (Phi) is 5.07. The second-order valence-electron chi connectivity index (χ2n) is 5.63. The van der Waals surface area contributed by atoms with Gasteiger partial charge in [0.2, 0.25) is 0 Å². The Bertz CT molecular complexity index is 819. The van der Waals surface area contributed by atoms with Gasteiger partial charge in [-0.3, -0.25) is 9.59 Å². The molecular formula is C19H17N3O3. The minimum absolute atomic E-state index is 0.101. The minimum Gasteiger partial charge on any atom is -0.378 e. The first-order valence-electron chi connectivity index (χ1n) is 7.96. The molecule has 2 aromatic carbocycles. The fraction of sp³-hybridized carbons (Fsp3) is 0.211. The highest BCUT2D eigenvalue weighted by Crippen LogP contribution is 2.14. The number of hydrogen-bond acceptors (Lipinski definition) is 4. The number of nitrogens with zero attached hydrogens (tertiary/aromatic N) is 2. The van der Waals surface area contributed by atoms with Gasteiger partial charge in [-0.15, -0.1) is 0 Å². The molecule has 0 atom stereocenters. The lowest BCUT2D eigenvalue weighted by Crippen LogP contribution is -2.40. The molecule has 126 valence electrons. The molecule has 1 N–H and O–H groups in total. The zero-order valence-electron chi connectivity index (χ0n) is 13.6. The van der Waals surface area contributed by atoms with Crippen LogP contribution in [0.1, 0.15) is 26.3 Å². The maximum absolute atomic E-state index is 12.5. The van der Waals surface area contributed by atoms with Gasteiger partial charge in [-0.05, 0) is 42.5 Å². The molecule has 2 amide bonds. The van der Waals surface area contributed by atoms with Crippen molar-refractivity contribution in [3.63, 3.8) is 0 Å². The van der Waals surface area contributed by atoms with Gasteiger partial charge in [0.25, 0.3) is 11.8 Å². The quantitative estimate of drug-likeness (QED) is 0.933. The van der Waals surface area contributed by atoms with Crippen LogP contribution in [-0.4, -0.2) is 43.0 Å². The zero-order valence-corrected chi connectivity index (χ0v) is 13.6. The van der Waals surface area contributed by atoms with Crippen molar-refractivity contribution in [2.24, 2.45) is 0 Å². The highest BCUT2D eigenvalue weighted by atomic mass is 16.5. The molecule has 0 bridgehead atoms. The van der Waals surface area contributed by atoms with E-state index in [1.54, 1.807) is 53.4 Å². The van der Waals surface area contributed by atoms with Crippen LogP contribution >= 0.6 is 0 Å². The summed E-state index contributed by atoms with van der Waals surface area (Å²) in [5.74, 6) is -0.405. The van der Waals surface area contributed by atoms with Gasteiger partial charge in [-0.1, -0.05) is 6.07 Å². The molecule has 1 aliphatic rings. The summed E-state index contributed by atoms with van der Waals surface area (Å²) in [6.07, 6.45) is 0. The van der Waals surface area contributed by atoms with Gasteiger partial charge < -0.3 is 15.0 Å². The molecule has 0 aliphatic carbocycles. The van der Waals surface area contributed by atoms with E-state index in [0.717, 1.165) is 0 Å². The molecule has 2 aromatic rings. The van der Waals surface area contributed by atoms with Gasteiger partial charge >= 0.3 is 0 Å². The van der Waals surface area contributed by atoms with Crippen molar-refractivity contribution in [1.82, 2.24) is 4.90 Å². The monoisotopic (exact) mass is 335 g/mol. The number of anilines is 1. The van der Waals surface area contributed by atoms with Crippen LogP contribution in [0.4, 0.5) is 5.69 Å². The Morgan fingerprint density at radius 1 is 1.04 bits per heavy atom. The third kappa shape index (κ3) is 4.03. The van der Waals surface area contributed by atoms with Crippen LogP contribution in [0.5, 0.6) is 0 Å². The van der Waals surface area contributed by atoms with Crippen LogP contribution in [0.25, 0.3) is 0 Å². The first kappa shape index (κ1) is 16.7. The number of nitrogens with one attached hydrogen (secondary N) is 1. The number of benzene rings is 2. The SMILES string of the molecule is N#Cc1ccc(NC(=O)c2cccc(C(=O)N3CCOCC3)c2)cc1. The Labute approximate surface area is 145 Å². The normalized spacial score (nSPS) is 13.8. The third-order valence-electron chi connectivity index (χ3n) is 3.94. The number of ether oxygens (including phenoxy) is 1. The Balaban J connectivity index is 1.72. The first-order chi connectivity index (χ1) is 12.2. The lowest BCUT2D eigenvalue weighted by molar-refractivity contribution is 0.0303. The molecule has 6 nitrogen and oxygen atoms in total. The van der Waals surface area contributed by atoms with Crippen LogP contribution in [0.15, 0.2) is 48.5 Å². The molecule has 1 saturated heterocycles. The van der Waals surface area contributed by atoms with E-state index in [0.29, 0.717) is 48.7 Å². The average Bonchev–Trinajstić information content (AvgIpc) is 2.68. The predicted octanol–water partition coefficient (Wildman–Crippen LogP) is 2.28. The minimum atomic E-state index is -0.304. The fourth-order valence-corrected chi connectivity index (χ4v) is 2.57. The second-order valence-corrected chi connectivity index (χ2v) is 5.63. The molecular weight excluding hydrogens is 318 g/mol. The number of carbonyl (C=O) groups excluding carboxylic acids is 2. The summed E-state index contributed by atoms with van der Waals surface area (Å²) in [5, 5.41) is 11.6. The van der Waals surface area contributed by atoms with E-state index < -0.39 is 0 Å². The molecule has 0 aromatic heterocycles. The molecule has 1 heterocycles. The highest BCUT2D eigenvalue weighted by Gasteiger charge is 2.19. The molecule has 0 spiro atoms. The van der Waals surface area contributed by atoms with Gasteiger partial charge in [0.15, 0.2) is 0 Å². The molecule has 25 heavy (non-hydrogen) atoms. The van der Waals surface area contributed by atoms with Gasteiger partial charge in [0.05, 0.1) is 24.8 Å².